The van der Waals surface area contributed by atoms with E-state index in [0.717, 1.165) is 35.5 Å². The molecule has 3 nitrogen and oxygen atoms in total. The Morgan fingerprint density at radius 3 is 2.50 bits per heavy atom. The summed E-state index contributed by atoms with van der Waals surface area (Å²) in [7, 11) is 0. The minimum Gasteiger partial charge on any atom is -0.318 e. The highest BCUT2D eigenvalue weighted by molar-refractivity contribution is 5.87. The number of hydrazine groups is 1. The average molecular weight is 295 g/mol. The standard InChI is InChI=1S/C19H25N3/c1-6-22(7-2)21-18-10-8-9-15(4)19(18)16(5)17-13-20-12-11-14(17)3/h8-13,21H,5-7H2,1-4H3. The Morgan fingerprint density at radius 1 is 1.14 bits per heavy atom. The molecule has 0 atom stereocenters. The van der Waals surface area contributed by atoms with Crippen LogP contribution in [0.2, 0.25) is 0 Å². The van der Waals surface area contributed by atoms with Crippen molar-refractivity contribution >= 4 is 11.3 Å². The van der Waals surface area contributed by atoms with Gasteiger partial charge in [-0.25, -0.2) is 5.01 Å². The third-order valence-electron chi connectivity index (χ3n) is 3.98. The van der Waals surface area contributed by atoms with Gasteiger partial charge in [0.1, 0.15) is 0 Å². The van der Waals surface area contributed by atoms with Crippen molar-refractivity contribution in [3.05, 3.63) is 65.5 Å². The molecule has 0 bridgehead atoms. The van der Waals surface area contributed by atoms with E-state index in [1.54, 1.807) is 0 Å². The maximum absolute atomic E-state index is 4.34. The molecule has 22 heavy (non-hydrogen) atoms. The van der Waals surface area contributed by atoms with Crippen molar-refractivity contribution in [3.8, 4) is 0 Å². The summed E-state index contributed by atoms with van der Waals surface area (Å²) >= 11 is 0. The van der Waals surface area contributed by atoms with E-state index >= 15 is 0 Å². The van der Waals surface area contributed by atoms with Crippen LogP contribution in [0.1, 0.15) is 36.1 Å². The lowest BCUT2D eigenvalue weighted by molar-refractivity contribution is 0.367. The van der Waals surface area contributed by atoms with Gasteiger partial charge in [-0.2, -0.15) is 0 Å². The smallest absolute Gasteiger partial charge is 0.0571 e. The van der Waals surface area contributed by atoms with Crippen LogP contribution in [0.5, 0.6) is 0 Å². The lowest BCUT2D eigenvalue weighted by Crippen LogP contribution is -2.29. The number of nitrogens with zero attached hydrogens (tertiary/aromatic N) is 2. The zero-order chi connectivity index (χ0) is 16.1. The van der Waals surface area contributed by atoms with Gasteiger partial charge in [-0.1, -0.05) is 32.6 Å². The number of nitrogens with one attached hydrogen (secondary N) is 1. The van der Waals surface area contributed by atoms with Crippen LogP contribution in [0.15, 0.2) is 43.2 Å². The molecule has 1 N–H and O–H groups in total. The molecule has 2 aromatic rings. The van der Waals surface area contributed by atoms with E-state index < -0.39 is 0 Å². The summed E-state index contributed by atoms with van der Waals surface area (Å²) in [4.78, 5) is 4.25. The number of hydrogen-bond donors (Lipinski definition) is 1. The molecule has 0 saturated carbocycles. The molecule has 0 fully saturated rings. The molecular formula is C19H25N3. The third-order valence-corrected chi connectivity index (χ3v) is 3.98. The molecule has 0 spiro atoms. The maximum atomic E-state index is 4.34. The van der Waals surface area contributed by atoms with E-state index in [1.807, 2.05) is 18.5 Å². The molecule has 0 aliphatic rings. The van der Waals surface area contributed by atoms with Gasteiger partial charge >= 0.3 is 0 Å². The summed E-state index contributed by atoms with van der Waals surface area (Å²) in [6.07, 6.45) is 3.71. The van der Waals surface area contributed by atoms with Crippen LogP contribution >= 0.6 is 0 Å². The number of pyridine rings is 1. The Labute approximate surface area is 133 Å². The van der Waals surface area contributed by atoms with Gasteiger partial charge in [-0.05, 0) is 42.7 Å². The molecular weight excluding hydrogens is 270 g/mol. The quantitative estimate of drug-likeness (QED) is 0.799. The van der Waals surface area contributed by atoms with E-state index in [2.05, 4.69) is 67.9 Å². The fraction of sp³-hybridized carbons (Fsp3) is 0.316. The first kappa shape index (κ1) is 16.2. The zero-order valence-corrected chi connectivity index (χ0v) is 14.0. The molecule has 0 radical (unpaired) electrons. The highest BCUT2D eigenvalue weighted by Gasteiger charge is 2.14. The van der Waals surface area contributed by atoms with E-state index in [1.165, 1.54) is 11.1 Å². The summed E-state index contributed by atoms with van der Waals surface area (Å²) in [5.41, 5.74) is 10.3. The SMILES string of the molecule is C=C(c1cnccc1C)c1c(C)cccc1NN(CC)CC. The van der Waals surface area contributed by atoms with Crippen molar-refractivity contribution in [2.24, 2.45) is 0 Å². The number of aryl methyl sites for hydroxylation is 2. The Hall–Kier alpha value is -2.13. The monoisotopic (exact) mass is 295 g/mol. The third kappa shape index (κ3) is 3.37. The fourth-order valence-corrected chi connectivity index (χ4v) is 2.63. The van der Waals surface area contributed by atoms with Crippen molar-refractivity contribution in [2.75, 3.05) is 18.5 Å². The second-order valence-corrected chi connectivity index (χ2v) is 5.45. The average Bonchev–Trinajstić information content (AvgIpc) is 2.52. The van der Waals surface area contributed by atoms with Crippen LogP contribution in [-0.4, -0.2) is 23.1 Å². The maximum Gasteiger partial charge on any atom is 0.0571 e. The van der Waals surface area contributed by atoms with E-state index in [9.17, 15) is 0 Å². The largest absolute Gasteiger partial charge is 0.318 e. The highest BCUT2D eigenvalue weighted by Crippen LogP contribution is 2.32. The molecule has 2 rings (SSSR count). The molecule has 0 unspecified atom stereocenters. The number of aromatic nitrogens is 1. The number of anilines is 1. The second kappa shape index (κ2) is 7.23. The van der Waals surface area contributed by atoms with Gasteiger partial charge in [0.05, 0.1) is 5.69 Å². The van der Waals surface area contributed by atoms with Gasteiger partial charge < -0.3 is 5.43 Å². The predicted molar refractivity (Wildman–Crippen MR) is 94.8 cm³/mol. The summed E-state index contributed by atoms with van der Waals surface area (Å²) in [5, 5.41) is 2.18. The molecule has 0 saturated heterocycles. The van der Waals surface area contributed by atoms with Crippen molar-refractivity contribution in [1.29, 1.82) is 0 Å². The Kier molecular flexibility index (Phi) is 5.34. The van der Waals surface area contributed by atoms with Crippen LogP contribution in [0.4, 0.5) is 5.69 Å². The number of rotatable bonds is 6. The highest BCUT2D eigenvalue weighted by atomic mass is 15.5. The predicted octanol–water partition coefficient (Wildman–Crippen LogP) is 4.43. The van der Waals surface area contributed by atoms with Gasteiger partial charge in [0.2, 0.25) is 0 Å². The van der Waals surface area contributed by atoms with Crippen molar-refractivity contribution < 1.29 is 0 Å². The first-order chi connectivity index (χ1) is 10.6. The normalized spacial score (nSPS) is 10.8. The number of hydrogen-bond acceptors (Lipinski definition) is 3. The van der Waals surface area contributed by atoms with Crippen molar-refractivity contribution in [2.45, 2.75) is 27.7 Å². The minimum absolute atomic E-state index is 0.947. The lowest BCUT2D eigenvalue weighted by Gasteiger charge is -2.24. The van der Waals surface area contributed by atoms with Gasteiger partial charge in [0, 0.05) is 36.6 Å². The summed E-state index contributed by atoms with van der Waals surface area (Å²) in [6, 6.07) is 8.33. The Morgan fingerprint density at radius 2 is 1.86 bits per heavy atom. The van der Waals surface area contributed by atoms with Gasteiger partial charge in [0.25, 0.3) is 0 Å². The van der Waals surface area contributed by atoms with Crippen LogP contribution in [-0.2, 0) is 0 Å². The Balaban J connectivity index is 2.46. The first-order valence-electron chi connectivity index (χ1n) is 7.79. The van der Waals surface area contributed by atoms with Crippen molar-refractivity contribution in [3.63, 3.8) is 0 Å². The van der Waals surface area contributed by atoms with Crippen LogP contribution in [0.3, 0.4) is 0 Å². The molecule has 116 valence electrons. The fourth-order valence-electron chi connectivity index (χ4n) is 2.63. The summed E-state index contributed by atoms with van der Waals surface area (Å²) < 4.78 is 0. The molecule has 3 heteroatoms. The van der Waals surface area contributed by atoms with Crippen molar-refractivity contribution in [1.82, 2.24) is 9.99 Å². The van der Waals surface area contributed by atoms with Gasteiger partial charge in [-0.3, -0.25) is 4.98 Å². The number of benzene rings is 1. The zero-order valence-electron chi connectivity index (χ0n) is 14.0. The molecule has 1 heterocycles. The van der Waals surface area contributed by atoms with Gasteiger partial charge in [-0.15, -0.1) is 0 Å². The minimum atomic E-state index is 0.947. The topological polar surface area (TPSA) is 28.2 Å². The first-order valence-corrected chi connectivity index (χ1v) is 7.79. The molecule has 0 amide bonds. The molecule has 1 aromatic carbocycles. The lowest BCUT2D eigenvalue weighted by atomic mass is 9.93. The van der Waals surface area contributed by atoms with Crippen LogP contribution < -0.4 is 5.43 Å². The summed E-state index contributed by atoms with van der Waals surface area (Å²) in [5.74, 6) is 0. The Bertz CT molecular complexity index is 657. The van der Waals surface area contributed by atoms with E-state index in [-0.39, 0.29) is 0 Å². The van der Waals surface area contributed by atoms with Crippen LogP contribution in [0, 0.1) is 13.8 Å². The molecule has 0 aliphatic heterocycles. The van der Waals surface area contributed by atoms with E-state index in [4.69, 9.17) is 0 Å². The molecule has 1 aromatic heterocycles. The van der Waals surface area contributed by atoms with E-state index in [0.29, 0.717) is 0 Å². The van der Waals surface area contributed by atoms with Gasteiger partial charge in [0.15, 0.2) is 0 Å². The second-order valence-electron chi connectivity index (χ2n) is 5.45. The van der Waals surface area contributed by atoms with Crippen LogP contribution in [0.25, 0.3) is 5.57 Å². The molecule has 0 aliphatic carbocycles. The summed E-state index contributed by atoms with van der Waals surface area (Å²) in [6.45, 7) is 14.7.